The van der Waals surface area contributed by atoms with Gasteiger partial charge in [-0.1, -0.05) is 6.07 Å². The van der Waals surface area contributed by atoms with Crippen LogP contribution in [0.2, 0.25) is 0 Å². The molecular formula is C7H8NNaO4S. The van der Waals surface area contributed by atoms with Gasteiger partial charge < -0.3 is 9.66 Å². The van der Waals surface area contributed by atoms with Crippen LogP contribution in [0.15, 0.2) is 18.3 Å². The third kappa shape index (κ3) is 3.64. The minimum atomic E-state index is -4.70. The van der Waals surface area contributed by atoms with E-state index >= 15 is 0 Å². The summed E-state index contributed by atoms with van der Waals surface area (Å²) in [4.78, 5) is 3.75. The molecule has 0 amide bonds. The van der Waals surface area contributed by atoms with Gasteiger partial charge in [0.05, 0.1) is 0 Å². The van der Waals surface area contributed by atoms with Crippen molar-refractivity contribution in [2.45, 2.75) is 12.4 Å². The molecule has 0 spiro atoms. The van der Waals surface area contributed by atoms with E-state index in [4.69, 9.17) is 5.11 Å². The van der Waals surface area contributed by atoms with Crippen LogP contribution in [-0.2, 0) is 10.1 Å². The van der Waals surface area contributed by atoms with Crippen LogP contribution in [0.25, 0.3) is 0 Å². The molecule has 0 saturated heterocycles. The van der Waals surface area contributed by atoms with Crippen molar-refractivity contribution in [2.24, 2.45) is 0 Å². The van der Waals surface area contributed by atoms with Crippen molar-refractivity contribution in [1.29, 1.82) is 0 Å². The van der Waals surface area contributed by atoms with Gasteiger partial charge in [0.2, 0.25) is 0 Å². The Morgan fingerprint density at radius 2 is 2.07 bits per heavy atom. The molecule has 72 valence electrons. The minimum absolute atomic E-state index is 0. The van der Waals surface area contributed by atoms with E-state index in [0.717, 1.165) is 6.20 Å². The van der Waals surface area contributed by atoms with E-state index < -0.39 is 15.6 Å². The van der Waals surface area contributed by atoms with Gasteiger partial charge in [-0.2, -0.15) is 0 Å². The first-order chi connectivity index (χ1) is 5.91. The molecule has 1 aromatic heterocycles. The first-order valence-corrected chi connectivity index (χ1v) is 4.94. The summed E-state index contributed by atoms with van der Waals surface area (Å²) in [5.41, 5.74) is -1.36. The van der Waals surface area contributed by atoms with Crippen molar-refractivity contribution in [3.63, 3.8) is 0 Å². The average molecular weight is 225 g/mol. The van der Waals surface area contributed by atoms with Gasteiger partial charge in [-0.25, -0.2) is 8.42 Å². The summed E-state index contributed by atoms with van der Waals surface area (Å²) in [6, 6.07) is 2.87. The number of aryl methyl sites for hydroxylation is 1. The fourth-order valence-electron chi connectivity index (χ4n) is 0.792. The predicted molar refractivity (Wildman–Crippen MR) is 43.6 cm³/mol. The summed E-state index contributed by atoms with van der Waals surface area (Å²) < 4.78 is 31.1. The largest absolute Gasteiger partial charge is 1.00 e. The van der Waals surface area contributed by atoms with Crippen molar-refractivity contribution in [2.75, 3.05) is 0 Å². The standard InChI is InChI=1S/C7H9NO4S.Na/c1-5-2-3-6(4-8-5)7(9)13(10,11)12;/h2-4,7,9H,1H3,(H,10,11,12);/q;+1/p-1. The molecule has 0 aliphatic rings. The molecule has 0 saturated carbocycles. The molecule has 1 unspecified atom stereocenters. The van der Waals surface area contributed by atoms with Crippen LogP contribution in [0.4, 0.5) is 0 Å². The number of hydrogen-bond acceptors (Lipinski definition) is 5. The van der Waals surface area contributed by atoms with Crippen LogP contribution in [-0.4, -0.2) is 23.1 Å². The molecule has 0 aromatic carbocycles. The maximum absolute atomic E-state index is 10.4. The third-order valence-electron chi connectivity index (χ3n) is 1.49. The number of aliphatic hydroxyl groups is 1. The van der Waals surface area contributed by atoms with Crippen LogP contribution in [0.3, 0.4) is 0 Å². The summed E-state index contributed by atoms with van der Waals surface area (Å²) in [6.45, 7) is 1.71. The van der Waals surface area contributed by atoms with Gasteiger partial charge in [0.15, 0.2) is 5.44 Å². The second-order valence-electron chi connectivity index (χ2n) is 2.58. The Balaban J connectivity index is 0.00000169. The second kappa shape index (κ2) is 5.20. The molecule has 1 N–H and O–H groups in total. The van der Waals surface area contributed by atoms with Crippen LogP contribution >= 0.6 is 0 Å². The Morgan fingerprint density at radius 1 is 1.50 bits per heavy atom. The number of hydrogen-bond donors (Lipinski definition) is 1. The predicted octanol–water partition coefficient (Wildman–Crippen LogP) is -3.07. The van der Waals surface area contributed by atoms with Crippen molar-refractivity contribution < 1.29 is 47.6 Å². The molecule has 0 fully saturated rings. The van der Waals surface area contributed by atoms with E-state index in [1.54, 1.807) is 6.92 Å². The van der Waals surface area contributed by atoms with Gasteiger partial charge in [-0.05, 0) is 13.0 Å². The smallest absolute Gasteiger partial charge is 0.746 e. The molecule has 1 rings (SSSR count). The molecule has 0 aliphatic heterocycles. The van der Waals surface area contributed by atoms with Crippen LogP contribution < -0.4 is 29.6 Å². The van der Waals surface area contributed by atoms with Crippen molar-refractivity contribution in [3.8, 4) is 0 Å². The van der Waals surface area contributed by atoms with Gasteiger partial charge in [-0.3, -0.25) is 4.98 Å². The molecule has 14 heavy (non-hydrogen) atoms. The summed E-state index contributed by atoms with van der Waals surface area (Å²) in [6.07, 6.45) is 1.16. The number of aliphatic hydroxyl groups excluding tert-OH is 1. The van der Waals surface area contributed by atoms with E-state index in [2.05, 4.69) is 4.98 Å². The van der Waals surface area contributed by atoms with Crippen molar-refractivity contribution in [1.82, 2.24) is 4.98 Å². The van der Waals surface area contributed by atoms with Crippen LogP contribution in [0.1, 0.15) is 16.7 Å². The zero-order chi connectivity index (χ0) is 10.1. The van der Waals surface area contributed by atoms with E-state index in [0.29, 0.717) is 5.69 Å². The van der Waals surface area contributed by atoms with Gasteiger partial charge in [0.25, 0.3) is 0 Å². The third-order valence-corrected chi connectivity index (χ3v) is 2.31. The molecular weight excluding hydrogens is 217 g/mol. The van der Waals surface area contributed by atoms with Gasteiger partial charge in [0.1, 0.15) is 10.1 Å². The number of rotatable bonds is 2. The first kappa shape index (κ1) is 14.0. The monoisotopic (exact) mass is 225 g/mol. The molecule has 7 heteroatoms. The number of pyridine rings is 1. The summed E-state index contributed by atoms with van der Waals surface area (Å²) >= 11 is 0. The molecule has 5 nitrogen and oxygen atoms in total. The molecule has 0 radical (unpaired) electrons. The summed E-state index contributed by atoms with van der Waals surface area (Å²) in [5, 5.41) is 9.01. The SMILES string of the molecule is Cc1ccc(C(O)S(=O)(=O)[O-])cn1.[Na+]. The van der Waals surface area contributed by atoms with Crippen molar-refractivity contribution in [3.05, 3.63) is 29.6 Å². The molecule has 0 bridgehead atoms. The second-order valence-corrected chi connectivity index (χ2v) is 4.01. The molecule has 1 atom stereocenters. The summed E-state index contributed by atoms with van der Waals surface area (Å²) in [7, 11) is -4.70. The van der Waals surface area contributed by atoms with E-state index in [-0.39, 0.29) is 35.1 Å². The number of nitrogens with zero attached hydrogens (tertiary/aromatic N) is 1. The molecule has 1 heterocycles. The van der Waals surface area contributed by atoms with E-state index in [1.807, 2.05) is 0 Å². The molecule has 0 aliphatic carbocycles. The maximum atomic E-state index is 10.4. The average Bonchev–Trinajstić information content (AvgIpc) is 2.03. The zero-order valence-corrected chi connectivity index (χ0v) is 10.7. The Kier molecular flexibility index (Phi) is 5.21. The topological polar surface area (TPSA) is 90.3 Å². The van der Waals surface area contributed by atoms with Gasteiger partial charge in [0, 0.05) is 17.5 Å². The fraction of sp³-hybridized carbons (Fsp3) is 0.286. The summed E-state index contributed by atoms with van der Waals surface area (Å²) in [5.74, 6) is 0. The van der Waals surface area contributed by atoms with Crippen LogP contribution in [0.5, 0.6) is 0 Å². The molecule has 1 aromatic rings. The normalized spacial score (nSPS) is 13.1. The Morgan fingerprint density at radius 3 is 2.43 bits per heavy atom. The Hall–Kier alpha value is 0.0200. The maximum Gasteiger partial charge on any atom is 1.00 e. The van der Waals surface area contributed by atoms with E-state index in [9.17, 15) is 13.0 Å². The minimum Gasteiger partial charge on any atom is -0.746 e. The first-order valence-electron chi connectivity index (χ1n) is 3.46. The van der Waals surface area contributed by atoms with Gasteiger partial charge >= 0.3 is 29.6 Å². The van der Waals surface area contributed by atoms with Gasteiger partial charge in [-0.15, -0.1) is 0 Å². The Bertz CT molecular complexity index is 389. The Labute approximate surface area is 104 Å². The number of aromatic nitrogens is 1. The quantitative estimate of drug-likeness (QED) is 0.426. The van der Waals surface area contributed by atoms with E-state index in [1.165, 1.54) is 12.1 Å². The zero-order valence-electron chi connectivity index (χ0n) is 7.84. The van der Waals surface area contributed by atoms with Crippen LogP contribution in [0, 0.1) is 6.92 Å². The van der Waals surface area contributed by atoms with Crippen molar-refractivity contribution >= 4 is 10.1 Å². The fourth-order valence-corrected chi connectivity index (χ4v) is 1.26.